The van der Waals surface area contributed by atoms with Gasteiger partial charge in [-0.25, -0.2) is 29.3 Å². The number of nitrogens with two attached hydrogens (primary N) is 4. The highest BCUT2D eigenvalue weighted by molar-refractivity contribution is 8.32. The molecule has 6 fully saturated rings. The maximum absolute atomic E-state index is 15.6. The van der Waals surface area contributed by atoms with Crippen molar-refractivity contribution in [3.05, 3.63) is 137 Å². The van der Waals surface area contributed by atoms with Crippen molar-refractivity contribution in [2.75, 3.05) is 158 Å². The highest BCUT2D eigenvalue weighted by Crippen LogP contribution is 2.57. The third-order valence-corrected chi connectivity index (χ3v) is 30.4. The molecule has 148 heavy (non-hydrogen) atoms. The average Bonchev–Trinajstić information content (AvgIpc) is 1.67. The third-order valence-electron chi connectivity index (χ3n) is 23.8. The fraction of sp³-hybridized carbons (Fsp3) is 0.645. The molecular formula is C76H104N22O42P5S3-5. The van der Waals surface area contributed by atoms with Crippen LogP contribution in [0.1, 0.15) is 73.8 Å². The van der Waals surface area contributed by atoms with Crippen molar-refractivity contribution in [1.82, 2.24) is 87.2 Å². The molecule has 11 unspecified atom stereocenters. The number of nitrogens with one attached hydrogen (secondary N) is 5. The Morgan fingerprint density at radius 1 is 0.405 bits per heavy atom. The average molecular weight is 2250 g/mol. The molecule has 28 atom stereocenters. The lowest BCUT2D eigenvalue weighted by Crippen LogP contribution is -2.42. The molecule has 818 valence electrons. The number of hydrogen-bond acceptors (Lipinski definition) is 56. The van der Waals surface area contributed by atoms with Crippen LogP contribution >= 0.6 is 35.9 Å². The number of ether oxygens (including phenoxy) is 16. The Bertz CT molecular complexity index is 6980. The number of anilines is 4. The van der Waals surface area contributed by atoms with Gasteiger partial charge in [0.2, 0.25) is 17.8 Å². The van der Waals surface area contributed by atoms with Crippen LogP contribution in [0.15, 0.2) is 75.9 Å². The van der Waals surface area contributed by atoms with E-state index in [0.29, 0.717) is 0 Å². The minimum Gasteiger partial charge on any atom is -0.780 e. The monoisotopic (exact) mass is 2250 g/mol. The van der Waals surface area contributed by atoms with Gasteiger partial charge in [-0.2, -0.15) is 19.9 Å². The van der Waals surface area contributed by atoms with Gasteiger partial charge in [0.15, 0.2) is 71.4 Å². The van der Waals surface area contributed by atoms with Crippen LogP contribution in [0, 0.1) is 20.8 Å². The normalized spacial score (nSPS) is 28.9. The number of imidazole rings is 3. The van der Waals surface area contributed by atoms with Crippen LogP contribution in [0.3, 0.4) is 0 Å². The number of fused-ring (bicyclic) bond motifs is 3. The first-order valence-electron chi connectivity index (χ1n) is 44.9. The summed E-state index contributed by atoms with van der Waals surface area (Å²) >= 11 is 16.7. The van der Waals surface area contributed by atoms with E-state index in [4.69, 9.17) is 180 Å². The van der Waals surface area contributed by atoms with Gasteiger partial charge in [0.1, 0.15) is 117 Å². The number of aromatic nitrogens is 18. The van der Waals surface area contributed by atoms with E-state index in [2.05, 4.69) is 59.8 Å². The molecule has 0 amide bonds. The lowest BCUT2D eigenvalue weighted by atomic mass is 10.1. The zero-order valence-corrected chi connectivity index (χ0v) is 86.5. The molecule has 15 heterocycles. The summed E-state index contributed by atoms with van der Waals surface area (Å²) in [6.45, 7) is -18.0. The van der Waals surface area contributed by atoms with Crippen LogP contribution in [-0.4, -0.2) is 331 Å². The molecule has 0 aromatic carbocycles. The fourth-order valence-corrected chi connectivity index (χ4v) is 23.1. The molecule has 15 rings (SSSR count). The lowest BCUT2D eigenvalue weighted by Gasteiger charge is -2.36. The lowest BCUT2D eigenvalue weighted by molar-refractivity contribution is -0.241. The summed E-state index contributed by atoms with van der Waals surface area (Å²) in [4.78, 5) is 207. The van der Waals surface area contributed by atoms with Crippen LogP contribution in [0.2, 0.25) is 0 Å². The molecule has 0 saturated carbocycles. The molecule has 0 bridgehead atoms. The van der Waals surface area contributed by atoms with Crippen LogP contribution in [0.5, 0.6) is 0 Å². The molecule has 9 aromatic rings. The number of rotatable bonds is 52. The number of phosphoric ester groups is 2. The Labute approximate surface area is 848 Å². The quantitative estimate of drug-likeness (QED) is 0.00966. The number of H-pyrrole nitrogens is 5. The zero-order chi connectivity index (χ0) is 107. The number of hydrogen-bond donors (Lipinski definition) is 10. The number of phosphoric acid groups is 2. The molecule has 0 radical (unpaired) electrons. The van der Waals surface area contributed by atoms with Crippen molar-refractivity contribution in [1.29, 1.82) is 0 Å². The summed E-state index contributed by atoms with van der Waals surface area (Å²) in [6.07, 6.45) is -32.8. The molecule has 14 N–H and O–H groups in total. The van der Waals surface area contributed by atoms with Gasteiger partial charge in [0.25, 0.3) is 43.4 Å². The van der Waals surface area contributed by atoms with Gasteiger partial charge in [-0.3, -0.25) is 90.0 Å². The molecule has 0 aliphatic carbocycles. The van der Waals surface area contributed by atoms with Gasteiger partial charge in [-0.15, -0.1) is 0 Å². The highest BCUT2D eigenvalue weighted by atomic mass is 32.7. The van der Waals surface area contributed by atoms with Crippen molar-refractivity contribution < 1.29 is 159 Å². The number of nitrogen functional groups attached to an aromatic ring is 4. The maximum Gasteiger partial charge on any atom is 0.351 e. The molecule has 6 aliphatic rings. The predicted octanol–water partition coefficient (Wildman–Crippen LogP) is -5.53. The van der Waals surface area contributed by atoms with Crippen molar-refractivity contribution in [2.45, 2.75) is 182 Å². The number of nitrogens with zero attached hydrogens (tertiary/aromatic N) is 13. The van der Waals surface area contributed by atoms with Crippen LogP contribution < -0.4 is 87.4 Å². The molecular weight excluding hydrogens is 2140 g/mol. The van der Waals surface area contributed by atoms with Crippen molar-refractivity contribution in [3.8, 4) is 0 Å². The van der Waals surface area contributed by atoms with Crippen molar-refractivity contribution >= 4 is 129 Å². The summed E-state index contributed by atoms with van der Waals surface area (Å²) in [5, 5.41) is 11.8. The Kier molecular flexibility index (Phi) is 37.2. The summed E-state index contributed by atoms with van der Waals surface area (Å²) in [5.74, 6) is -1.35. The predicted molar refractivity (Wildman–Crippen MR) is 503 cm³/mol. The second kappa shape index (κ2) is 48.5. The fourth-order valence-electron chi connectivity index (χ4n) is 16.9. The Hall–Kier alpha value is -8.41. The largest absolute Gasteiger partial charge is 0.780 e. The van der Waals surface area contributed by atoms with E-state index in [1.165, 1.54) is 73.4 Å². The van der Waals surface area contributed by atoms with Crippen LogP contribution in [0.25, 0.3) is 33.5 Å². The number of aliphatic hydroxyl groups is 1. The molecule has 6 saturated heterocycles. The van der Waals surface area contributed by atoms with E-state index in [0.717, 1.165) is 47.9 Å². The number of aromatic amines is 5. The Morgan fingerprint density at radius 2 is 0.743 bits per heavy atom. The summed E-state index contributed by atoms with van der Waals surface area (Å²) in [5.41, 5.74) is 15.6. The smallest absolute Gasteiger partial charge is 0.351 e. The van der Waals surface area contributed by atoms with E-state index in [9.17, 15) is 53.2 Å². The van der Waals surface area contributed by atoms with Crippen molar-refractivity contribution in [2.24, 2.45) is 0 Å². The van der Waals surface area contributed by atoms with E-state index in [-0.39, 0.29) is 128 Å². The van der Waals surface area contributed by atoms with Gasteiger partial charge < -0.3 is 181 Å². The highest BCUT2D eigenvalue weighted by Gasteiger charge is 2.57. The van der Waals surface area contributed by atoms with Crippen LogP contribution in [0.4, 0.5) is 23.7 Å². The van der Waals surface area contributed by atoms with Gasteiger partial charge in [-0.1, -0.05) is 30.5 Å². The number of aryl methyl sites for hydroxylation is 3. The summed E-state index contributed by atoms with van der Waals surface area (Å²) in [7, 11) is -5.95. The SMILES string of the molecule is CC[C@H]1O[C@@H](n2cnc3c(=O)[nH]c(N)nc32)CC1OP([O-])(=S)OC[C@H]1O[C@@H](n2cnc3c(=O)[nH]c(N)nc32)[C@@H](OCCOC)C1OP(=O)([O-])OC[C@H]1O[C@@H](n2cc(C)c(=O)[nH]c2=O)[C@@H](OCCOC)C1OP(=O)([O-])OC[C@H]1O[C@@H](n2cnc3c(=O)[nH]c(N)nc32)[C@@H](OCCOC)C1OP(=O)([S-])OC[C@H]1O[C@@H](n2cc(C)c(N)nc2=O)[C@@H](OCCOC)C1OP([O-])(=S)OC[C@H]1O[C@@H](n2cc(C)c(=O)[nH]c2=O)[C@@H](OCCOC)C1O. The second-order valence-corrected chi connectivity index (χ2v) is 44.5. The van der Waals surface area contributed by atoms with Crippen molar-refractivity contribution in [3.63, 3.8) is 0 Å². The maximum atomic E-state index is 15.6. The van der Waals surface area contributed by atoms with Gasteiger partial charge in [-0.05, 0) is 27.2 Å². The van der Waals surface area contributed by atoms with Gasteiger partial charge in [0, 0.05) is 77.3 Å². The molecule has 72 heteroatoms. The third kappa shape index (κ3) is 26.3. The Morgan fingerprint density at radius 3 is 1.16 bits per heavy atom. The van der Waals surface area contributed by atoms with E-state index < -0.39 is 280 Å². The first-order valence-corrected chi connectivity index (χ1v) is 55.4. The molecule has 9 aromatic heterocycles. The summed E-state index contributed by atoms with van der Waals surface area (Å²) < 4.78 is 207. The zero-order valence-electron chi connectivity index (χ0n) is 79.5. The van der Waals surface area contributed by atoms with E-state index >= 15 is 23.5 Å². The number of aliphatic hydroxyl groups excluding tert-OH is 1. The molecule has 0 spiro atoms. The van der Waals surface area contributed by atoms with E-state index in [1.807, 2.05) is 0 Å². The first-order chi connectivity index (χ1) is 70.3. The number of methoxy groups -OCH3 is 5. The minimum absolute atomic E-state index is 0.0109. The summed E-state index contributed by atoms with van der Waals surface area (Å²) in [6, 6.07) is 0. The first kappa shape index (κ1) is 114. The topological polar surface area (TPSA) is 843 Å². The van der Waals surface area contributed by atoms with Gasteiger partial charge in [0.05, 0.1) is 130 Å². The minimum atomic E-state index is -6.29. The Balaban J connectivity index is 0.726. The van der Waals surface area contributed by atoms with E-state index in [1.54, 1.807) is 6.92 Å². The van der Waals surface area contributed by atoms with Crippen LogP contribution in [-0.2, 0) is 171 Å². The molecule has 64 nitrogen and oxygen atoms in total. The standard InChI is InChI=1S/C76H109N22O42P5S3/c1-10-36-37(21-43(130-36)96-30-81-44-58(96)85-71(78)88-63(44)102)136-143(112,146)128-28-41-49(54(122-18-13-117-7)69(135-41)97-31-82-45-59(97)86-72(79)89-64(45)103)138-141(108,109)125-26-39-48(53(121-17-12-116-6)67(132-39)95-24-35(4)62(101)92-76(95)107)137-142(110,111)126-27-40-50(56(124-20-15-119-9)70(134-40)98-32-83-46-60(98)87-73(80)90-65(46)104)139-145(114,148)129-29-42-51(55(123-19-14-118-8)68(133-42)93-22-33(2)57(77)84-74(93)105)140-144(113,147)127-25-38-47(99)52(120-16-11-115-5)66(131-38)94-23-34(3)61(100)91-75(94)106/h22-24,30-32,36-43,47-56,66-70,99H,10-21,25-29H2,1-9H3,(H,108,109)(H,110,111)(H,112,146)(H,113,147)(H,114,148)(H2,77,84,105)(H,91,100,106)(H,92,101,107)(H3,78,85,88,102)(H3,79,86,89,103)(H3,80,87,90,104)/p-5/t36-,37?,38-,39-,40-,41-,42-,43-,47?,48?,49?,50?,51?,52+,53+,54+,55+,56+,66-,67-,68-,69-,70-,143?,144?,145?/m1/s1. The van der Waals surface area contributed by atoms with Gasteiger partial charge >= 0.3 is 17.1 Å². The molecule has 6 aliphatic heterocycles. The second-order valence-electron chi connectivity index (χ2n) is 33.7.